The lowest BCUT2D eigenvalue weighted by atomic mass is 10.0. The molecule has 2 atom stereocenters. The number of hydrogen-bond acceptors (Lipinski definition) is 3. The predicted octanol–water partition coefficient (Wildman–Crippen LogP) is 3.13. The van der Waals surface area contributed by atoms with Crippen LogP contribution in [0, 0.1) is 19.8 Å². The smallest absolute Gasteiger partial charge is 0.0693 e. The Morgan fingerprint density at radius 1 is 1.17 bits per heavy atom. The number of para-hydroxylation sites is 1. The Hall–Kier alpha value is -1.07. The van der Waals surface area contributed by atoms with Crippen LogP contribution in [0.5, 0.6) is 0 Å². The third-order valence-electron chi connectivity index (χ3n) is 5.16. The number of fused-ring (bicyclic) bond motifs is 1. The highest BCUT2D eigenvalue weighted by Crippen LogP contribution is 2.29. The molecule has 0 bridgehead atoms. The standard InChI is InChI=1S/C18H24N4.2ClH/c1-13-9-14(2)22(20-13)17-6-4-3-5-16(17)12-21-8-7-15-10-19-11-18(15)21;;/h3-6,9,15,18-19H,7-8,10-12H2,1-2H3;2*1H/t15-,18+;;/m0../s1. The molecule has 24 heavy (non-hydrogen) atoms. The molecule has 1 aromatic carbocycles. The molecule has 1 N–H and O–H groups in total. The zero-order valence-corrected chi connectivity index (χ0v) is 15.9. The van der Waals surface area contributed by atoms with Crippen LogP contribution in [-0.2, 0) is 6.54 Å². The summed E-state index contributed by atoms with van der Waals surface area (Å²) in [6.45, 7) is 8.78. The number of halogens is 2. The molecular formula is C18H26Cl2N4. The second kappa shape index (κ2) is 7.87. The van der Waals surface area contributed by atoms with E-state index in [2.05, 4.69) is 64.2 Å². The van der Waals surface area contributed by atoms with Crippen LogP contribution in [0.4, 0.5) is 0 Å². The lowest BCUT2D eigenvalue weighted by molar-refractivity contribution is 0.244. The summed E-state index contributed by atoms with van der Waals surface area (Å²) in [6.07, 6.45) is 1.33. The van der Waals surface area contributed by atoms with Gasteiger partial charge in [0.05, 0.1) is 11.4 Å². The number of hydrogen-bond donors (Lipinski definition) is 1. The average Bonchev–Trinajstić information content (AvgIpc) is 3.18. The van der Waals surface area contributed by atoms with Gasteiger partial charge < -0.3 is 5.32 Å². The second-order valence-corrected chi connectivity index (χ2v) is 6.71. The van der Waals surface area contributed by atoms with Gasteiger partial charge in [0.1, 0.15) is 0 Å². The molecule has 132 valence electrons. The van der Waals surface area contributed by atoms with Gasteiger partial charge in [0.25, 0.3) is 0 Å². The quantitative estimate of drug-likeness (QED) is 0.903. The highest BCUT2D eigenvalue weighted by Gasteiger charge is 2.37. The Labute approximate surface area is 156 Å². The summed E-state index contributed by atoms with van der Waals surface area (Å²) in [6, 6.07) is 11.6. The van der Waals surface area contributed by atoms with E-state index in [9.17, 15) is 0 Å². The van der Waals surface area contributed by atoms with Gasteiger partial charge in [-0.05, 0) is 57.0 Å². The molecule has 0 radical (unpaired) electrons. The first-order valence-corrected chi connectivity index (χ1v) is 8.28. The lowest BCUT2D eigenvalue weighted by Crippen LogP contribution is -2.33. The highest BCUT2D eigenvalue weighted by atomic mass is 35.5. The number of aryl methyl sites for hydroxylation is 2. The highest BCUT2D eigenvalue weighted by molar-refractivity contribution is 5.85. The summed E-state index contributed by atoms with van der Waals surface area (Å²) >= 11 is 0. The number of likely N-dealkylation sites (tertiary alicyclic amines) is 1. The summed E-state index contributed by atoms with van der Waals surface area (Å²) in [5.74, 6) is 0.848. The monoisotopic (exact) mass is 368 g/mol. The normalized spacial score (nSPS) is 22.8. The summed E-state index contributed by atoms with van der Waals surface area (Å²) in [4.78, 5) is 2.65. The molecule has 0 unspecified atom stereocenters. The Morgan fingerprint density at radius 3 is 2.71 bits per heavy atom. The number of nitrogens with one attached hydrogen (secondary N) is 1. The van der Waals surface area contributed by atoms with E-state index in [4.69, 9.17) is 0 Å². The van der Waals surface area contributed by atoms with Crippen LogP contribution in [0.15, 0.2) is 30.3 Å². The molecule has 2 saturated heterocycles. The molecule has 2 fully saturated rings. The summed E-state index contributed by atoms with van der Waals surface area (Å²) < 4.78 is 2.09. The van der Waals surface area contributed by atoms with Crippen molar-refractivity contribution in [2.75, 3.05) is 19.6 Å². The van der Waals surface area contributed by atoms with E-state index in [1.165, 1.54) is 36.5 Å². The topological polar surface area (TPSA) is 33.1 Å². The second-order valence-electron chi connectivity index (χ2n) is 6.71. The van der Waals surface area contributed by atoms with Crippen LogP contribution in [-0.4, -0.2) is 40.4 Å². The van der Waals surface area contributed by atoms with Crippen molar-refractivity contribution in [3.05, 3.63) is 47.3 Å². The summed E-state index contributed by atoms with van der Waals surface area (Å²) in [5, 5.41) is 8.21. The maximum atomic E-state index is 4.67. The largest absolute Gasteiger partial charge is 0.315 e. The van der Waals surface area contributed by atoms with E-state index in [-0.39, 0.29) is 24.8 Å². The van der Waals surface area contributed by atoms with Gasteiger partial charge in [-0.15, -0.1) is 24.8 Å². The third kappa shape index (κ3) is 3.47. The van der Waals surface area contributed by atoms with E-state index in [1.54, 1.807) is 0 Å². The Kier molecular flexibility index (Phi) is 6.32. The van der Waals surface area contributed by atoms with Crippen molar-refractivity contribution >= 4 is 24.8 Å². The van der Waals surface area contributed by atoms with Gasteiger partial charge >= 0.3 is 0 Å². The molecule has 2 aliphatic rings. The molecule has 4 nitrogen and oxygen atoms in total. The molecule has 3 heterocycles. The van der Waals surface area contributed by atoms with Crippen LogP contribution in [0.25, 0.3) is 5.69 Å². The van der Waals surface area contributed by atoms with Crippen molar-refractivity contribution in [1.82, 2.24) is 20.0 Å². The van der Waals surface area contributed by atoms with Gasteiger partial charge in [0, 0.05) is 24.8 Å². The summed E-state index contributed by atoms with van der Waals surface area (Å²) in [5.41, 5.74) is 4.88. The maximum Gasteiger partial charge on any atom is 0.0693 e. The molecule has 6 heteroatoms. The van der Waals surface area contributed by atoms with Gasteiger partial charge in [-0.2, -0.15) is 5.10 Å². The molecule has 0 aliphatic carbocycles. The zero-order valence-electron chi connectivity index (χ0n) is 14.2. The molecule has 0 saturated carbocycles. The zero-order chi connectivity index (χ0) is 15.1. The van der Waals surface area contributed by atoms with Gasteiger partial charge in [-0.3, -0.25) is 4.90 Å². The Morgan fingerprint density at radius 2 is 1.96 bits per heavy atom. The summed E-state index contributed by atoms with van der Waals surface area (Å²) in [7, 11) is 0. The fourth-order valence-electron chi connectivity index (χ4n) is 4.08. The van der Waals surface area contributed by atoms with Crippen molar-refractivity contribution in [2.24, 2.45) is 5.92 Å². The van der Waals surface area contributed by atoms with E-state index >= 15 is 0 Å². The van der Waals surface area contributed by atoms with E-state index in [1.807, 2.05) is 0 Å². The van der Waals surface area contributed by atoms with Crippen LogP contribution in [0.2, 0.25) is 0 Å². The average molecular weight is 369 g/mol. The van der Waals surface area contributed by atoms with Crippen molar-refractivity contribution in [2.45, 2.75) is 32.9 Å². The van der Waals surface area contributed by atoms with E-state index in [0.717, 1.165) is 24.7 Å². The van der Waals surface area contributed by atoms with Gasteiger partial charge in [-0.1, -0.05) is 18.2 Å². The van der Waals surface area contributed by atoms with Crippen molar-refractivity contribution in [3.63, 3.8) is 0 Å². The van der Waals surface area contributed by atoms with E-state index < -0.39 is 0 Å². The first kappa shape index (κ1) is 19.3. The minimum Gasteiger partial charge on any atom is -0.315 e. The van der Waals surface area contributed by atoms with Gasteiger partial charge in [-0.25, -0.2) is 4.68 Å². The predicted molar refractivity (Wildman–Crippen MR) is 103 cm³/mol. The van der Waals surface area contributed by atoms with Crippen LogP contribution >= 0.6 is 24.8 Å². The Bertz CT molecular complexity index is 685. The fraction of sp³-hybridized carbons (Fsp3) is 0.500. The fourth-order valence-corrected chi connectivity index (χ4v) is 4.08. The number of benzene rings is 1. The first-order valence-electron chi connectivity index (χ1n) is 8.28. The Balaban J connectivity index is 0.00000104. The minimum absolute atomic E-state index is 0. The molecule has 0 spiro atoms. The third-order valence-corrected chi connectivity index (χ3v) is 5.16. The molecule has 4 rings (SSSR count). The van der Waals surface area contributed by atoms with Crippen LogP contribution < -0.4 is 5.32 Å². The number of nitrogens with zero attached hydrogens (tertiary/aromatic N) is 3. The molecule has 0 amide bonds. The van der Waals surface area contributed by atoms with Crippen molar-refractivity contribution in [3.8, 4) is 5.69 Å². The maximum absolute atomic E-state index is 4.67. The SMILES string of the molecule is Cc1cc(C)n(-c2ccccc2CN2CC[C@H]3CNC[C@H]32)n1.Cl.Cl. The molecular weight excluding hydrogens is 343 g/mol. The van der Waals surface area contributed by atoms with Crippen LogP contribution in [0.3, 0.4) is 0 Å². The van der Waals surface area contributed by atoms with Crippen LogP contribution in [0.1, 0.15) is 23.4 Å². The van der Waals surface area contributed by atoms with Gasteiger partial charge in [0.2, 0.25) is 0 Å². The van der Waals surface area contributed by atoms with Crippen molar-refractivity contribution < 1.29 is 0 Å². The number of aromatic nitrogens is 2. The molecule has 2 aliphatic heterocycles. The minimum atomic E-state index is 0. The van der Waals surface area contributed by atoms with E-state index in [0.29, 0.717) is 6.04 Å². The van der Waals surface area contributed by atoms with Gasteiger partial charge in [0.15, 0.2) is 0 Å². The molecule has 1 aromatic heterocycles. The first-order chi connectivity index (χ1) is 10.7. The molecule has 2 aromatic rings. The van der Waals surface area contributed by atoms with Crippen molar-refractivity contribution in [1.29, 1.82) is 0 Å². The lowest BCUT2D eigenvalue weighted by Gasteiger charge is -2.24. The number of rotatable bonds is 3.